The monoisotopic (exact) mass is 602 g/mol. The molecule has 2 N–H and O–H groups in total. The zero-order valence-electron chi connectivity index (χ0n) is 23.1. The van der Waals surface area contributed by atoms with Crippen molar-refractivity contribution in [2.75, 3.05) is 38.3 Å². The average Bonchev–Trinajstić information content (AvgIpc) is 3.59. The summed E-state index contributed by atoms with van der Waals surface area (Å²) in [6.07, 6.45) is -0.920. The van der Waals surface area contributed by atoms with E-state index in [-0.39, 0.29) is 34.3 Å². The van der Waals surface area contributed by atoms with Crippen molar-refractivity contribution in [3.05, 3.63) is 69.9 Å². The van der Waals surface area contributed by atoms with Crippen LogP contribution in [-0.4, -0.2) is 78.8 Å². The van der Waals surface area contributed by atoms with Crippen molar-refractivity contribution in [1.82, 2.24) is 34.5 Å². The van der Waals surface area contributed by atoms with Crippen LogP contribution in [0.25, 0.3) is 11.0 Å². The molecule has 4 heterocycles. The first-order valence-electron chi connectivity index (χ1n) is 13.1. The van der Waals surface area contributed by atoms with Crippen LogP contribution in [-0.2, 0) is 24.8 Å². The highest BCUT2D eigenvalue weighted by Gasteiger charge is 2.37. The van der Waals surface area contributed by atoms with Gasteiger partial charge in [0.05, 0.1) is 12.7 Å². The minimum Gasteiger partial charge on any atom is -0.611 e. The zero-order chi connectivity index (χ0) is 30.2. The highest BCUT2D eigenvalue weighted by Crippen LogP contribution is 2.27. The molecule has 0 spiro atoms. The molecular formula is C27H29F3N8O3S. The van der Waals surface area contributed by atoms with Gasteiger partial charge in [-0.25, -0.2) is 4.98 Å². The van der Waals surface area contributed by atoms with Crippen LogP contribution in [0, 0.1) is 0 Å². The van der Waals surface area contributed by atoms with Gasteiger partial charge in [-0.2, -0.15) is 23.3 Å². The minimum absolute atomic E-state index is 0.0111. The van der Waals surface area contributed by atoms with Crippen molar-refractivity contribution < 1.29 is 22.5 Å². The van der Waals surface area contributed by atoms with Crippen LogP contribution in [0.15, 0.2) is 52.4 Å². The molecule has 1 aliphatic heterocycles. The Morgan fingerprint density at radius 2 is 2.00 bits per heavy atom. The van der Waals surface area contributed by atoms with Crippen LogP contribution in [0.5, 0.6) is 0 Å². The summed E-state index contributed by atoms with van der Waals surface area (Å²) in [7, 11) is 4.46. The van der Waals surface area contributed by atoms with Crippen LogP contribution in [0.3, 0.4) is 0 Å². The molecule has 0 bridgehead atoms. The van der Waals surface area contributed by atoms with Gasteiger partial charge in [-0.1, -0.05) is 12.1 Å². The van der Waals surface area contributed by atoms with Gasteiger partial charge in [0, 0.05) is 45.0 Å². The van der Waals surface area contributed by atoms with Gasteiger partial charge in [-0.15, -0.1) is 0 Å². The molecule has 1 fully saturated rings. The van der Waals surface area contributed by atoms with E-state index in [9.17, 15) is 27.3 Å². The van der Waals surface area contributed by atoms with Crippen LogP contribution < -0.4 is 16.2 Å². The van der Waals surface area contributed by atoms with Gasteiger partial charge >= 0.3 is 6.18 Å². The fourth-order valence-electron chi connectivity index (χ4n) is 4.86. The number of nitrogens with one attached hydrogen (secondary N) is 2. The number of amides is 1. The summed E-state index contributed by atoms with van der Waals surface area (Å²) in [6, 6.07) is 9.25. The van der Waals surface area contributed by atoms with Crippen LogP contribution in [0.4, 0.5) is 24.8 Å². The molecule has 1 saturated heterocycles. The van der Waals surface area contributed by atoms with Gasteiger partial charge in [0.15, 0.2) is 4.90 Å². The summed E-state index contributed by atoms with van der Waals surface area (Å²) in [6.45, 7) is 1.54. The van der Waals surface area contributed by atoms with E-state index in [1.54, 1.807) is 0 Å². The third kappa shape index (κ3) is 6.42. The number of anilines is 2. The first kappa shape index (κ1) is 29.5. The molecule has 11 nitrogen and oxygen atoms in total. The topological polar surface area (TPSA) is 133 Å². The predicted molar refractivity (Wildman–Crippen MR) is 151 cm³/mol. The van der Waals surface area contributed by atoms with E-state index in [4.69, 9.17) is 0 Å². The molecule has 0 radical (unpaired) electrons. The Hall–Kier alpha value is -3.95. The standard InChI is InChI=1S/C27H29F3N8O3S/c1-36(2)24(39)20-10-18-12-32-26(33-19-6-4-16(5-7-19)17-8-9-31-11-17)34-23(18)38(25(20)40)13-21-22(14-37(3)35-21)42(41)15-27(28,29)30/h4-7,10,12,14,17,31H,8-9,11,13,15H2,1-3H3,(H,32,33,34). The number of fused-ring (bicyclic) bond motifs is 1. The number of carbonyl (C=O) groups is 1. The molecule has 4 aromatic rings. The van der Waals surface area contributed by atoms with Crippen molar-refractivity contribution >= 4 is 39.8 Å². The largest absolute Gasteiger partial charge is 0.611 e. The van der Waals surface area contributed by atoms with Crippen LogP contribution in [0.2, 0.25) is 0 Å². The summed E-state index contributed by atoms with van der Waals surface area (Å²) in [4.78, 5) is 36.4. The first-order chi connectivity index (χ1) is 19.9. The lowest BCUT2D eigenvalue weighted by Gasteiger charge is -2.16. The molecule has 0 aliphatic carbocycles. The van der Waals surface area contributed by atoms with E-state index in [1.165, 1.54) is 54.7 Å². The molecule has 1 aromatic carbocycles. The number of nitrogens with zero attached hydrogens (tertiary/aromatic N) is 6. The summed E-state index contributed by atoms with van der Waals surface area (Å²) in [5, 5.41) is 11.0. The normalized spacial score (nSPS) is 16.1. The number of pyridine rings is 1. The Kier molecular flexibility index (Phi) is 8.25. The number of hydrogen-bond acceptors (Lipinski definition) is 8. The van der Waals surface area contributed by atoms with Gasteiger partial charge in [0.2, 0.25) is 11.7 Å². The van der Waals surface area contributed by atoms with Crippen molar-refractivity contribution in [3.63, 3.8) is 0 Å². The minimum atomic E-state index is -4.67. The Balaban J connectivity index is 1.54. The van der Waals surface area contributed by atoms with Gasteiger partial charge in [-0.3, -0.25) is 18.8 Å². The number of rotatable bonds is 8. The lowest BCUT2D eigenvalue weighted by molar-refractivity contribution is -0.106. The molecule has 15 heteroatoms. The second-order valence-electron chi connectivity index (χ2n) is 10.3. The third-order valence-corrected chi connectivity index (χ3v) is 8.30. The number of halogens is 3. The summed E-state index contributed by atoms with van der Waals surface area (Å²) in [5.41, 5.74) is 1.14. The Morgan fingerprint density at radius 1 is 1.26 bits per heavy atom. The molecule has 5 rings (SSSR count). The SMILES string of the molecule is CN(C)C(=O)c1cc2cnc(Nc3ccc(C4CCNC4)cc3)nc2n(Cc2nn(C)cc2[S+]([O-])CC(F)(F)F)c1=O. The lowest BCUT2D eigenvalue weighted by Crippen LogP contribution is -2.33. The van der Waals surface area contributed by atoms with Gasteiger partial charge in [0.1, 0.15) is 16.9 Å². The van der Waals surface area contributed by atoms with E-state index >= 15 is 0 Å². The second-order valence-corrected chi connectivity index (χ2v) is 11.7. The predicted octanol–water partition coefficient (Wildman–Crippen LogP) is 2.77. The summed E-state index contributed by atoms with van der Waals surface area (Å²) in [5.74, 6) is -1.52. The van der Waals surface area contributed by atoms with Crippen molar-refractivity contribution in [2.24, 2.45) is 7.05 Å². The number of alkyl halides is 3. The molecule has 1 amide bonds. The van der Waals surface area contributed by atoms with Crippen LogP contribution >= 0.6 is 0 Å². The molecule has 42 heavy (non-hydrogen) atoms. The molecule has 3 aromatic heterocycles. The molecule has 1 aliphatic rings. The fourth-order valence-corrected chi connectivity index (χ4v) is 5.95. The first-order valence-corrected chi connectivity index (χ1v) is 14.4. The lowest BCUT2D eigenvalue weighted by atomic mass is 9.98. The third-order valence-electron chi connectivity index (χ3n) is 6.88. The number of aromatic nitrogens is 5. The maximum absolute atomic E-state index is 13.6. The van der Waals surface area contributed by atoms with Crippen molar-refractivity contribution in [2.45, 2.75) is 30.0 Å². The zero-order valence-corrected chi connectivity index (χ0v) is 23.9. The molecule has 222 valence electrons. The molecule has 2 unspecified atom stereocenters. The van der Waals surface area contributed by atoms with E-state index in [0.29, 0.717) is 17.0 Å². The molecular weight excluding hydrogens is 573 g/mol. The van der Waals surface area contributed by atoms with E-state index in [2.05, 4.69) is 25.7 Å². The highest BCUT2D eigenvalue weighted by molar-refractivity contribution is 7.91. The Morgan fingerprint density at radius 3 is 2.64 bits per heavy atom. The number of aryl methyl sites for hydroxylation is 1. The number of benzene rings is 1. The number of carbonyl (C=O) groups excluding carboxylic acids is 1. The van der Waals surface area contributed by atoms with Crippen molar-refractivity contribution in [3.8, 4) is 0 Å². The maximum atomic E-state index is 13.6. The van der Waals surface area contributed by atoms with Gasteiger partial charge in [0.25, 0.3) is 11.5 Å². The second kappa shape index (κ2) is 11.7. The van der Waals surface area contributed by atoms with Crippen molar-refractivity contribution in [1.29, 1.82) is 0 Å². The number of hydrogen-bond donors (Lipinski definition) is 2. The molecule has 2 atom stereocenters. The Bertz CT molecular complexity index is 1660. The van der Waals surface area contributed by atoms with E-state index < -0.39 is 34.6 Å². The highest BCUT2D eigenvalue weighted by atomic mass is 32.2. The quantitative estimate of drug-likeness (QED) is 0.294. The summed E-state index contributed by atoms with van der Waals surface area (Å²) < 4.78 is 54.1. The average molecular weight is 603 g/mol. The van der Waals surface area contributed by atoms with Crippen LogP contribution in [0.1, 0.15) is 34.0 Å². The van der Waals surface area contributed by atoms with Gasteiger partial charge in [-0.05, 0) is 53.8 Å². The fraction of sp³-hybridized carbons (Fsp3) is 0.370. The molecule has 0 saturated carbocycles. The van der Waals surface area contributed by atoms with Gasteiger partial charge < -0.3 is 20.1 Å². The Labute approximate surface area is 241 Å². The smallest absolute Gasteiger partial charge is 0.433 e. The maximum Gasteiger partial charge on any atom is 0.433 e. The van der Waals surface area contributed by atoms with E-state index in [1.807, 2.05) is 24.3 Å². The van der Waals surface area contributed by atoms with E-state index in [0.717, 1.165) is 24.1 Å². The summed E-state index contributed by atoms with van der Waals surface area (Å²) >= 11 is -2.46.